The third kappa shape index (κ3) is 5.48. The van der Waals surface area contributed by atoms with Crippen LogP contribution in [0.1, 0.15) is 28.8 Å². The van der Waals surface area contributed by atoms with E-state index in [-0.39, 0.29) is 21.0 Å². The van der Waals surface area contributed by atoms with Gasteiger partial charge in [0.25, 0.3) is 15.9 Å². The number of aryl methyl sites for hydroxylation is 1. The van der Waals surface area contributed by atoms with E-state index in [0.29, 0.717) is 24.5 Å². The van der Waals surface area contributed by atoms with Gasteiger partial charge in [0.2, 0.25) is 10.0 Å². The Morgan fingerprint density at radius 1 is 0.892 bits per heavy atom. The summed E-state index contributed by atoms with van der Waals surface area (Å²) in [7, 11) is -4.57. The molecule has 0 atom stereocenters. The van der Waals surface area contributed by atoms with Crippen LogP contribution in [0.15, 0.2) is 76.5 Å². The largest absolute Gasteiger partial charge is 0.495 e. The van der Waals surface area contributed by atoms with Crippen LogP contribution in [0.3, 0.4) is 0 Å². The number of carbonyl (C=O) groups is 1. The van der Waals surface area contributed by atoms with E-state index in [0.717, 1.165) is 22.7 Å². The normalized spacial score (nSPS) is 14.4. The smallest absolute Gasteiger partial charge is 0.264 e. The maximum absolute atomic E-state index is 13.0. The summed E-state index contributed by atoms with van der Waals surface area (Å²) in [5.41, 5.74) is 1.82. The van der Waals surface area contributed by atoms with Gasteiger partial charge in [-0.3, -0.25) is 9.10 Å². The first-order valence-corrected chi connectivity index (χ1v) is 14.6. The highest BCUT2D eigenvalue weighted by Crippen LogP contribution is 2.31. The zero-order valence-electron chi connectivity index (χ0n) is 20.8. The van der Waals surface area contributed by atoms with E-state index >= 15 is 0 Å². The van der Waals surface area contributed by atoms with Crippen LogP contribution < -0.4 is 14.4 Å². The molecule has 11 heteroatoms. The minimum absolute atomic E-state index is 0.0729. The number of amides is 1. The van der Waals surface area contributed by atoms with E-state index in [9.17, 15) is 21.6 Å². The van der Waals surface area contributed by atoms with Crippen molar-refractivity contribution in [1.29, 1.82) is 0 Å². The van der Waals surface area contributed by atoms with Gasteiger partial charge in [0.05, 0.1) is 28.3 Å². The standard InChI is InChI=1S/C26H29N3O6S2/c1-19-6-12-22(13-7-19)36(31,32)28(2)21-10-8-20(9-11-21)26(30)27-24-18-23(14-15-25(24)35-3)37(33,34)29-16-4-5-17-29/h6-15,18H,4-5,16-17H2,1-3H3,(H,27,30). The summed E-state index contributed by atoms with van der Waals surface area (Å²) in [6, 6.07) is 17.0. The molecule has 37 heavy (non-hydrogen) atoms. The van der Waals surface area contributed by atoms with Gasteiger partial charge in [0, 0.05) is 25.7 Å². The number of sulfonamides is 2. The average Bonchev–Trinajstić information content (AvgIpc) is 3.45. The summed E-state index contributed by atoms with van der Waals surface area (Å²) in [6.07, 6.45) is 1.63. The first kappa shape index (κ1) is 26.6. The number of methoxy groups -OCH3 is 1. The SMILES string of the molecule is COc1ccc(S(=O)(=O)N2CCCC2)cc1NC(=O)c1ccc(N(C)S(=O)(=O)c2ccc(C)cc2)cc1. The van der Waals surface area contributed by atoms with Crippen LogP contribution in [0.25, 0.3) is 0 Å². The van der Waals surface area contributed by atoms with E-state index in [1.54, 1.807) is 24.3 Å². The van der Waals surface area contributed by atoms with Crippen molar-refractivity contribution in [2.45, 2.75) is 29.6 Å². The van der Waals surface area contributed by atoms with Gasteiger partial charge in [-0.05, 0) is 74.4 Å². The van der Waals surface area contributed by atoms with Gasteiger partial charge in [-0.25, -0.2) is 16.8 Å². The maximum Gasteiger partial charge on any atom is 0.264 e. The van der Waals surface area contributed by atoms with Crippen LogP contribution in [0.2, 0.25) is 0 Å². The van der Waals surface area contributed by atoms with E-state index in [1.807, 2.05) is 6.92 Å². The molecule has 1 saturated heterocycles. The molecule has 3 aromatic rings. The fourth-order valence-corrected chi connectivity index (χ4v) is 6.79. The summed E-state index contributed by atoms with van der Waals surface area (Å²) >= 11 is 0. The number of hydrogen-bond donors (Lipinski definition) is 1. The van der Waals surface area contributed by atoms with Crippen molar-refractivity contribution in [2.24, 2.45) is 0 Å². The molecule has 1 fully saturated rings. The molecule has 0 unspecified atom stereocenters. The predicted molar refractivity (Wildman–Crippen MR) is 142 cm³/mol. The monoisotopic (exact) mass is 543 g/mol. The molecule has 0 aromatic heterocycles. The Morgan fingerprint density at radius 3 is 2.08 bits per heavy atom. The van der Waals surface area contributed by atoms with Crippen LogP contribution >= 0.6 is 0 Å². The highest BCUT2D eigenvalue weighted by molar-refractivity contribution is 7.92. The quantitative estimate of drug-likeness (QED) is 0.462. The van der Waals surface area contributed by atoms with E-state index in [4.69, 9.17) is 4.74 Å². The van der Waals surface area contributed by atoms with Gasteiger partial charge in [-0.2, -0.15) is 4.31 Å². The number of carbonyl (C=O) groups excluding carboxylic acids is 1. The van der Waals surface area contributed by atoms with Crippen molar-refractivity contribution in [3.63, 3.8) is 0 Å². The minimum Gasteiger partial charge on any atom is -0.495 e. The van der Waals surface area contributed by atoms with Crippen molar-refractivity contribution < 1.29 is 26.4 Å². The molecule has 1 heterocycles. The molecule has 1 aliphatic heterocycles. The topological polar surface area (TPSA) is 113 Å². The molecule has 9 nitrogen and oxygen atoms in total. The Balaban J connectivity index is 1.54. The van der Waals surface area contributed by atoms with Crippen LogP contribution in [0.4, 0.5) is 11.4 Å². The summed E-state index contributed by atoms with van der Waals surface area (Å²) in [5, 5.41) is 2.71. The van der Waals surface area contributed by atoms with E-state index < -0.39 is 26.0 Å². The lowest BCUT2D eigenvalue weighted by Crippen LogP contribution is -2.28. The number of nitrogens with one attached hydrogen (secondary N) is 1. The molecule has 0 bridgehead atoms. The Kier molecular flexibility index (Phi) is 7.58. The van der Waals surface area contributed by atoms with E-state index in [1.165, 1.54) is 60.9 Å². The fourth-order valence-electron chi connectivity index (χ4n) is 4.05. The first-order chi connectivity index (χ1) is 17.5. The second-order valence-electron chi connectivity index (χ2n) is 8.76. The third-order valence-corrected chi connectivity index (χ3v) is 9.99. The number of ether oxygens (including phenoxy) is 1. The van der Waals surface area contributed by atoms with Gasteiger partial charge in [-0.15, -0.1) is 0 Å². The van der Waals surface area contributed by atoms with Gasteiger partial charge in [0.1, 0.15) is 5.75 Å². The van der Waals surface area contributed by atoms with Gasteiger partial charge in [-0.1, -0.05) is 17.7 Å². The zero-order valence-corrected chi connectivity index (χ0v) is 22.5. The molecule has 1 amide bonds. The fraction of sp³-hybridized carbons (Fsp3) is 0.269. The van der Waals surface area contributed by atoms with Gasteiger partial charge < -0.3 is 10.1 Å². The molecule has 4 rings (SSSR count). The van der Waals surface area contributed by atoms with Crippen molar-refractivity contribution in [2.75, 3.05) is 36.9 Å². The summed E-state index contributed by atoms with van der Waals surface area (Å²) in [6.45, 7) is 2.81. The number of hydrogen-bond acceptors (Lipinski definition) is 6. The lowest BCUT2D eigenvalue weighted by atomic mass is 10.2. The van der Waals surface area contributed by atoms with Crippen molar-refractivity contribution >= 4 is 37.3 Å². The third-order valence-electron chi connectivity index (χ3n) is 6.29. The molecule has 3 aromatic carbocycles. The molecule has 0 radical (unpaired) electrons. The number of anilines is 2. The lowest BCUT2D eigenvalue weighted by Gasteiger charge is -2.20. The second kappa shape index (κ2) is 10.5. The van der Waals surface area contributed by atoms with Crippen molar-refractivity contribution in [3.8, 4) is 5.75 Å². The lowest BCUT2D eigenvalue weighted by molar-refractivity contribution is 0.102. The highest BCUT2D eigenvalue weighted by Gasteiger charge is 2.28. The van der Waals surface area contributed by atoms with Crippen LogP contribution in [-0.2, 0) is 20.0 Å². The minimum atomic E-state index is -3.77. The summed E-state index contributed by atoms with van der Waals surface area (Å²) in [4.78, 5) is 13.2. The Morgan fingerprint density at radius 2 is 1.49 bits per heavy atom. The van der Waals surface area contributed by atoms with Crippen LogP contribution in [0, 0.1) is 6.92 Å². The summed E-state index contributed by atoms with van der Waals surface area (Å²) in [5.74, 6) is -0.182. The molecule has 196 valence electrons. The van der Waals surface area contributed by atoms with Gasteiger partial charge >= 0.3 is 0 Å². The zero-order chi connectivity index (χ0) is 26.8. The molecular formula is C26H29N3O6S2. The predicted octanol–water partition coefficient (Wildman–Crippen LogP) is 3.87. The number of nitrogens with zero attached hydrogens (tertiary/aromatic N) is 2. The van der Waals surface area contributed by atoms with Gasteiger partial charge in [0.15, 0.2) is 0 Å². The van der Waals surface area contributed by atoms with Crippen LogP contribution in [0.5, 0.6) is 5.75 Å². The van der Waals surface area contributed by atoms with Crippen molar-refractivity contribution in [1.82, 2.24) is 4.31 Å². The second-order valence-corrected chi connectivity index (χ2v) is 12.7. The maximum atomic E-state index is 13.0. The molecular weight excluding hydrogens is 514 g/mol. The molecule has 1 aliphatic rings. The highest BCUT2D eigenvalue weighted by atomic mass is 32.2. The molecule has 1 N–H and O–H groups in total. The molecule has 0 aliphatic carbocycles. The van der Waals surface area contributed by atoms with E-state index in [2.05, 4.69) is 5.32 Å². The van der Waals surface area contributed by atoms with Crippen molar-refractivity contribution in [3.05, 3.63) is 77.9 Å². The Labute approximate surface area is 217 Å². The van der Waals surface area contributed by atoms with Crippen LogP contribution in [-0.4, -0.2) is 54.3 Å². The Hall–Kier alpha value is -3.41. The summed E-state index contributed by atoms with van der Waals surface area (Å²) < 4.78 is 59.7. The number of benzene rings is 3. The number of rotatable bonds is 8. The molecule has 0 spiro atoms. The first-order valence-electron chi connectivity index (χ1n) is 11.7. The Bertz CT molecular complexity index is 1500. The average molecular weight is 544 g/mol. The molecule has 0 saturated carbocycles.